The van der Waals surface area contributed by atoms with Gasteiger partial charge in [-0.3, -0.25) is 4.79 Å². The van der Waals surface area contributed by atoms with Gasteiger partial charge in [0.1, 0.15) is 5.82 Å². The van der Waals surface area contributed by atoms with Gasteiger partial charge in [-0.1, -0.05) is 0 Å². The number of hydrogen-bond acceptors (Lipinski definition) is 4. The molecule has 0 fully saturated rings. The standard InChI is InChI=1S/C13H18FN3O3/c1-4-17(7-12(18)16(2)3)11-6-9(14)8(13(19)20)5-10(11)15/h5-6H,4,7,15H2,1-3H3,(H,19,20). The minimum absolute atomic E-state index is 0.0412. The zero-order valence-electron chi connectivity index (χ0n) is 11.7. The van der Waals surface area contributed by atoms with E-state index in [-0.39, 0.29) is 18.1 Å². The highest BCUT2D eigenvalue weighted by molar-refractivity contribution is 5.91. The van der Waals surface area contributed by atoms with Gasteiger partial charge in [-0.25, -0.2) is 9.18 Å². The van der Waals surface area contributed by atoms with E-state index in [4.69, 9.17) is 10.8 Å². The van der Waals surface area contributed by atoms with Crippen LogP contribution in [0.15, 0.2) is 12.1 Å². The Morgan fingerprint density at radius 3 is 2.40 bits per heavy atom. The fourth-order valence-corrected chi connectivity index (χ4v) is 1.69. The number of aromatic carboxylic acids is 1. The van der Waals surface area contributed by atoms with E-state index in [1.165, 1.54) is 4.90 Å². The van der Waals surface area contributed by atoms with Crippen molar-refractivity contribution in [3.63, 3.8) is 0 Å². The summed E-state index contributed by atoms with van der Waals surface area (Å²) in [5.41, 5.74) is 5.71. The molecule has 0 aliphatic rings. The third kappa shape index (κ3) is 3.37. The lowest BCUT2D eigenvalue weighted by atomic mass is 10.1. The molecule has 0 aliphatic carbocycles. The van der Waals surface area contributed by atoms with Gasteiger partial charge in [-0.15, -0.1) is 0 Å². The molecule has 1 aromatic rings. The fourth-order valence-electron chi connectivity index (χ4n) is 1.69. The highest BCUT2D eigenvalue weighted by Crippen LogP contribution is 2.26. The molecule has 7 heteroatoms. The van der Waals surface area contributed by atoms with Crippen molar-refractivity contribution in [1.82, 2.24) is 4.90 Å². The Hall–Kier alpha value is -2.31. The molecule has 20 heavy (non-hydrogen) atoms. The Morgan fingerprint density at radius 1 is 1.35 bits per heavy atom. The Bertz CT molecular complexity index is 532. The van der Waals surface area contributed by atoms with Crippen LogP contribution in [-0.4, -0.2) is 49.1 Å². The van der Waals surface area contributed by atoms with Crippen LogP contribution in [0.1, 0.15) is 17.3 Å². The Morgan fingerprint density at radius 2 is 1.95 bits per heavy atom. The molecule has 6 nitrogen and oxygen atoms in total. The molecule has 110 valence electrons. The Balaban J connectivity index is 3.13. The normalized spacial score (nSPS) is 10.2. The van der Waals surface area contributed by atoms with Gasteiger partial charge in [0.15, 0.2) is 0 Å². The van der Waals surface area contributed by atoms with Crippen molar-refractivity contribution in [2.45, 2.75) is 6.92 Å². The summed E-state index contributed by atoms with van der Waals surface area (Å²) >= 11 is 0. The van der Waals surface area contributed by atoms with Gasteiger partial charge in [0.05, 0.1) is 23.5 Å². The van der Waals surface area contributed by atoms with Gasteiger partial charge in [0.25, 0.3) is 0 Å². The number of anilines is 2. The number of rotatable bonds is 5. The van der Waals surface area contributed by atoms with Crippen molar-refractivity contribution >= 4 is 23.3 Å². The molecule has 0 spiro atoms. The quantitative estimate of drug-likeness (QED) is 0.788. The summed E-state index contributed by atoms with van der Waals surface area (Å²) in [5.74, 6) is -2.42. The molecule has 0 atom stereocenters. The second-order valence-corrected chi connectivity index (χ2v) is 4.50. The minimum Gasteiger partial charge on any atom is -0.478 e. The Kier molecular flexibility index (Phi) is 4.90. The number of hydrogen-bond donors (Lipinski definition) is 2. The largest absolute Gasteiger partial charge is 0.478 e. The summed E-state index contributed by atoms with van der Waals surface area (Å²) in [4.78, 5) is 25.5. The second kappa shape index (κ2) is 6.23. The molecule has 0 saturated heterocycles. The van der Waals surface area contributed by atoms with Crippen molar-refractivity contribution in [2.24, 2.45) is 0 Å². The van der Waals surface area contributed by atoms with Crippen LogP contribution < -0.4 is 10.6 Å². The first-order valence-corrected chi connectivity index (χ1v) is 6.05. The third-order valence-electron chi connectivity index (χ3n) is 2.89. The van der Waals surface area contributed by atoms with Crippen LogP contribution in [-0.2, 0) is 4.79 Å². The summed E-state index contributed by atoms with van der Waals surface area (Å²) < 4.78 is 13.7. The van der Waals surface area contributed by atoms with Crippen molar-refractivity contribution in [3.8, 4) is 0 Å². The van der Waals surface area contributed by atoms with E-state index in [0.29, 0.717) is 12.2 Å². The number of likely N-dealkylation sites (N-methyl/N-ethyl adjacent to an activating group) is 2. The molecule has 1 rings (SSSR count). The number of carbonyl (C=O) groups excluding carboxylic acids is 1. The van der Waals surface area contributed by atoms with E-state index in [0.717, 1.165) is 12.1 Å². The number of halogens is 1. The van der Waals surface area contributed by atoms with Crippen molar-refractivity contribution < 1.29 is 19.1 Å². The van der Waals surface area contributed by atoms with Crippen LogP contribution in [0.5, 0.6) is 0 Å². The first-order valence-electron chi connectivity index (χ1n) is 6.05. The monoisotopic (exact) mass is 283 g/mol. The lowest BCUT2D eigenvalue weighted by Crippen LogP contribution is -2.37. The van der Waals surface area contributed by atoms with Crippen LogP contribution in [0.2, 0.25) is 0 Å². The minimum atomic E-state index is -1.38. The number of carboxylic acid groups (broad SMARTS) is 1. The maximum absolute atomic E-state index is 13.7. The molecule has 0 unspecified atom stereocenters. The zero-order valence-corrected chi connectivity index (χ0v) is 11.7. The third-order valence-corrected chi connectivity index (χ3v) is 2.89. The molecule has 0 bridgehead atoms. The van der Waals surface area contributed by atoms with Gasteiger partial charge >= 0.3 is 5.97 Å². The van der Waals surface area contributed by atoms with E-state index in [1.54, 1.807) is 25.9 Å². The van der Waals surface area contributed by atoms with Crippen LogP contribution in [0.25, 0.3) is 0 Å². The first-order chi connectivity index (χ1) is 9.27. The molecular formula is C13H18FN3O3. The fraction of sp³-hybridized carbons (Fsp3) is 0.385. The van der Waals surface area contributed by atoms with Gasteiger partial charge in [-0.2, -0.15) is 0 Å². The molecule has 0 heterocycles. The number of carbonyl (C=O) groups is 2. The number of carboxylic acids is 1. The molecule has 1 amide bonds. The first kappa shape index (κ1) is 15.7. The number of nitrogens with zero attached hydrogens (tertiary/aromatic N) is 2. The predicted molar refractivity (Wildman–Crippen MR) is 74.4 cm³/mol. The van der Waals surface area contributed by atoms with Gasteiger partial charge < -0.3 is 20.6 Å². The lowest BCUT2D eigenvalue weighted by Gasteiger charge is -2.25. The number of nitrogen functional groups attached to an aromatic ring is 1. The Labute approximate surface area is 116 Å². The summed E-state index contributed by atoms with van der Waals surface area (Å²) in [6.07, 6.45) is 0. The average Bonchev–Trinajstić information content (AvgIpc) is 2.37. The van der Waals surface area contributed by atoms with Crippen LogP contribution in [0, 0.1) is 5.82 Å². The van der Waals surface area contributed by atoms with Crippen LogP contribution in [0.4, 0.5) is 15.8 Å². The zero-order chi connectivity index (χ0) is 15.4. The highest BCUT2D eigenvalue weighted by atomic mass is 19.1. The number of benzene rings is 1. The molecule has 0 aliphatic heterocycles. The van der Waals surface area contributed by atoms with Gasteiger partial charge in [-0.05, 0) is 13.0 Å². The van der Waals surface area contributed by atoms with E-state index < -0.39 is 17.3 Å². The second-order valence-electron chi connectivity index (χ2n) is 4.50. The predicted octanol–water partition coefficient (Wildman–Crippen LogP) is 1.02. The maximum atomic E-state index is 13.7. The van der Waals surface area contributed by atoms with Gasteiger partial charge in [0, 0.05) is 26.7 Å². The topological polar surface area (TPSA) is 86.9 Å². The lowest BCUT2D eigenvalue weighted by molar-refractivity contribution is -0.127. The molecular weight excluding hydrogens is 265 g/mol. The maximum Gasteiger partial charge on any atom is 0.338 e. The number of nitrogens with two attached hydrogens (primary N) is 1. The van der Waals surface area contributed by atoms with Crippen LogP contribution >= 0.6 is 0 Å². The van der Waals surface area contributed by atoms with E-state index in [1.807, 2.05) is 0 Å². The van der Waals surface area contributed by atoms with E-state index in [2.05, 4.69) is 0 Å². The van der Waals surface area contributed by atoms with Gasteiger partial charge in [0.2, 0.25) is 5.91 Å². The molecule has 3 N–H and O–H groups in total. The van der Waals surface area contributed by atoms with E-state index in [9.17, 15) is 14.0 Å². The van der Waals surface area contributed by atoms with Crippen molar-refractivity contribution in [3.05, 3.63) is 23.5 Å². The SMILES string of the molecule is CCN(CC(=O)N(C)C)c1cc(F)c(C(=O)O)cc1N. The summed E-state index contributed by atoms with van der Waals surface area (Å²) in [5, 5.41) is 8.83. The summed E-state index contributed by atoms with van der Waals surface area (Å²) in [7, 11) is 3.24. The summed E-state index contributed by atoms with van der Waals surface area (Å²) in [6, 6.07) is 2.11. The van der Waals surface area contributed by atoms with Crippen molar-refractivity contribution in [2.75, 3.05) is 37.8 Å². The average molecular weight is 283 g/mol. The molecule has 0 saturated carbocycles. The smallest absolute Gasteiger partial charge is 0.338 e. The molecule has 1 aromatic carbocycles. The molecule has 0 radical (unpaired) electrons. The number of amides is 1. The van der Waals surface area contributed by atoms with Crippen molar-refractivity contribution in [1.29, 1.82) is 0 Å². The van der Waals surface area contributed by atoms with E-state index >= 15 is 0 Å². The molecule has 0 aromatic heterocycles. The highest BCUT2D eigenvalue weighted by Gasteiger charge is 2.18. The summed E-state index contributed by atoms with van der Waals surface area (Å²) in [6.45, 7) is 2.28. The van der Waals surface area contributed by atoms with Crippen LogP contribution in [0.3, 0.4) is 0 Å².